The highest BCUT2D eigenvalue weighted by Gasteiger charge is 2.44. The molecule has 0 fully saturated rings. The molecule has 1 spiro atoms. The molecular formula is C17H18O2. The van der Waals surface area contributed by atoms with Crippen molar-refractivity contribution in [3.63, 3.8) is 0 Å². The highest BCUT2D eigenvalue weighted by molar-refractivity contribution is 5.44. The molecule has 1 aromatic rings. The first kappa shape index (κ1) is 11.4. The number of hydrogen-bond donors (Lipinski definition) is 2. The summed E-state index contributed by atoms with van der Waals surface area (Å²) in [7, 11) is 0. The third-order valence-electron chi connectivity index (χ3n) is 4.88. The van der Waals surface area contributed by atoms with Crippen molar-refractivity contribution in [3.8, 4) is 0 Å². The first-order valence-electron chi connectivity index (χ1n) is 6.97. The molecule has 19 heavy (non-hydrogen) atoms. The molecule has 4 rings (SSSR count). The molecular weight excluding hydrogens is 236 g/mol. The fourth-order valence-corrected chi connectivity index (χ4v) is 4.14. The molecule has 0 saturated heterocycles. The number of rotatable bonds is 0. The largest absolute Gasteiger partial charge is 0.362 e. The van der Waals surface area contributed by atoms with E-state index >= 15 is 0 Å². The average Bonchev–Trinajstić information content (AvgIpc) is 2.86. The molecule has 2 N–H and O–H groups in total. The van der Waals surface area contributed by atoms with E-state index in [2.05, 4.69) is 24.3 Å². The van der Waals surface area contributed by atoms with E-state index in [0.717, 1.165) is 25.7 Å². The summed E-state index contributed by atoms with van der Waals surface area (Å²) in [6, 6.07) is 8.71. The molecule has 1 aromatic carbocycles. The van der Waals surface area contributed by atoms with Gasteiger partial charge < -0.3 is 10.2 Å². The fourth-order valence-electron chi connectivity index (χ4n) is 4.14. The molecule has 2 nitrogen and oxygen atoms in total. The predicted molar refractivity (Wildman–Crippen MR) is 73.5 cm³/mol. The van der Waals surface area contributed by atoms with E-state index in [-0.39, 0.29) is 0 Å². The standard InChI is InChI=1S/C17H18O2/c18-17(19)6-5-14-9-16(10-15(14)11-17)7-12-3-1-2-4-13(12)8-16/h1-6,18-19H,7-11H2. The van der Waals surface area contributed by atoms with Crippen LogP contribution in [0, 0.1) is 5.41 Å². The lowest BCUT2D eigenvalue weighted by molar-refractivity contribution is -0.117. The number of fused-ring (bicyclic) bond motifs is 1. The normalized spacial score (nSPS) is 25.8. The van der Waals surface area contributed by atoms with Gasteiger partial charge in [0.2, 0.25) is 0 Å². The molecule has 0 aliphatic heterocycles. The second-order valence-corrected chi connectivity index (χ2v) is 6.49. The molecule has 0 aromatic heterocycles. The zero-order chi connectivity index (χ0) is 13.1. The van der Waals surface area contributed by atoms with E-state index in [0.29, 0.717) is 11.8 Å². The molecule has 3 aliphatic rings. The summed E-state index contributed by atoms with van der Waals surface area (Å²) in [5.74, 6) is -1.63. The van der Waals surface area contributed by atoms with Crippen LogP contribution in [0.4, 0.5) is 0 Å². The second kappa shape index (κ2) is 3.59. The summed E-state index contributed by atoms with van der Waals surface area (Å²) in [6.07, 6.45) is 8.22. The van der Waals surface area contributed by atoms with Gasteiger partial charge in [0.1, 0.15) is 0 Å². The van der Waals surface area contributed by atoms with Gasteiger partial charge >= 0.3 is 0 Å². The minimum absolute atomic E-state index is 0.305. The van der Waals surface area contributed by atoms with Crippen LogP contribution in [0.15, 0.2) is 47.6 Å². The van der Waals surface area contributed by atoms with E-state index < -0.39 is 5.79 Å². The van der Waals surface area contributed by atoms with Gasteiger partial charge in [-0.15, -0.1) is 0 Å². The van der Waals surface area contributed by atoms with E-state index in [1.165, 1.54) is 28.3 Å². The van der Waals surface area contributed by atoms with Gasteiger partial charge in [0.05, 0.1) is 0 Å². The predicted octanol–water partition coefficient (Wildman–Crippen LogP) is 2.50. The van der Waals surface area contributed by atoms with Crippen molar-refractivity contribution < 1.29 is 10.2 Å². The molecule has 0 bridgehead atoms. The molecule has 0 radical (unpaired) electrons. The number of benzene rings is 1. The van der Waals surface area contributed by atoms with E-state index in [9.17, 15) is 10.2 Å². The number of allylic oxidation sites excluding steroid dienone is 2. The minimum atomic E-state index is -1.63. The van der Waals surface area contributed by atoms with Gasteiger partial charge in [-0.2, -0.15) is 0 Å². The van der Waals surface area contributed by atoms with Crippen LogP contribution < -0.4 is 0 Å². The Labute approximate surface area is 113 Å². The van der Waals surface area contributed by atoms with Crippen molar-refractivity contribution >= 4 is 0 Å². The monoisotopic (exact) mass is 254 g/mol. The SMILES string of the molecule is OC1(O)C=CC2=C(C1)CC1(C2)Cc2ccccc2C1. The molecule has 0 heterocycles. The Morgan fingerprint density at radius 3 is 2.21 bits per heavy atom. The smallest absolute Gasteiger partial charge is 0.186 e. The zero-order valence-corrected chi connectivity index (χ0v) is 10.9. The maximum atomic E-state index is 9.76. The van der Waals surface area contributed by atoms with Crippen molar-refractivity contribution in [2.75, 3.05) is 0 Å². The van der Waals surface area contributed by atoms with Gasteiger partial charge in [0, 0.05) is 6.42 Å². The van der Waals surface area contributed by atoms with Crippen molar-refractivity contribution in [1.29, 1.82) is 0 Å². The lowest BCUT2D eigenvalue weighted by Crippen LogP contribution is -2.27. The van der Waals surface area contributed by atoms with Crippen molar-refractivity contribution in [2.24, 2.45) is 5.41 Å². The summed E-state index contributed by atoms with van der Waals surface area (Å²) in [6.45, 7) is 0. The Morgan fingerprint density at radius 2 is 1.53 bits per heavy atom. The Balaban J connectivity index is 1.62. The summed E-state index contributed by atoms with van der Waals surface area (Å²) in [5.41, 5.74) is 5.85. The van der Waals surface area contributed by atoms with Crippen LogP contribution in [0.2, 0.25) is 0 Å². The Hall–Kier alpha value is -1.38. The van der Waals surface area contributed by atoms with Gasteiger partial charge in [0.25, 0.3) is 0 Å². The maximum absolute atomic E-state index is 9.76. The Morgan fingerprint density at radius 1 is 0.842 bits per heavy atom. The average molecular weight is 254 g/mol. The summed E-state index contributed by atoms with van der Waals surface area (Å²) >= 11 is 0. The van der Waals surface area contributed by atoms with Gasteiger partial charge in [-0.05, 0) is 53.9 Å². The molecule has 0 saturated carbocycles. The second-order valence-electron chi connectivity index (χ2n) is 6.49. The molecule has 0 unspecified atom stereocenters. The minimum Gasteiger partial charge on any atom is -0.362 e. The van der Waals surface area contributed by atoms with Gasteiger partial charge in [-0.25, -0.2) is 0 Å². The zero-order valence-electron chi connectivity index (χ0n) is 10.9. The summed E-state index contributed by atoms with van der Waals surface area (Å²) < 4.78 is 0. The van der Waals surface area contributed by atoms with Gasteiger partial charge in [-0.3, -0.25) is 0 Å². The van der Waals surface area contributed by atoms with E-state index in [1.807, 2.05) is 6.08 Å². The molecule has 98 valence electrons. The maximum Gasteiger partial charge on any atom is 0.186 e. The number of aliphatic hydroxyl groups is 2. The van der Waals surface area contributed by atoms with Gasteiger partial charge in [0.15, 0.2) is 5.79 Å². The summed E-state index contributed by atoms with van der Waals surface area (Å²) in [5, 5.41) is 19.5. The van der Waals surface area contributed by atoms with Crippen LogP contribution in [0.3, 0.4) is 0 Å². The van der Waals surface area contributed by atoms with Crippen LogP contribution in [-0.4, -0.2) is 16.0 Å². The van der Waals surface area contributed by atoms with Crippen LogP contribution in [-0.2, 0) is 12.8 Å². The van der Waals surface area contributed by atoms with Crippen LogP contribution in [0.1, 0.15) is 30.4 Å². The van der Waals surface area contributed by atoms with Crippen molar-refractivity contribution in [1.82, 2.24) is 0 Å². The Bertz CT molecular complexity index is 582. The third kappa shape index (κ3) is 1.78. The fraction of sp³-hybridized carbons (Fsp3) is 0.412. The quantitative estimate of drug-likeness (QED) is 0.698. The molecule has 0 amide bonds. The first-order chi connectivity index (χ1) is 9.05. The summed E-state index contributed by atoms with van der Waals surface area (Å²) in [4.78, 5) is 0. The molecule has 3 aliphatic carbocycles. The van der Waals surface area contributed by atoms with E-state index in [1.54, 1.807) is 0 Å². The molecule has 2 heteroatoms. The lowest BCUT2D eigenvalue weighted by atomic mass is 9.80. The van der Waals surface area contributed by atoms with Crippen LogP contribution in [0.25, 0.3) is 0 Å². The third-order valence-corrected chi connectivity index (χ3v) is 4.88. The van der Waals surface area contributed by atoms with Crippen LogP contribution in [0.5, 0.6) is 0 Å². The molecule has 0 atom stereocenters. The lowest BCUT2D eigenvalue weighted by Gasteiger charge is -2.24. The van der Waals surface area contributed by atoms with Crippen LogP contribution >= 0.6 is 0 Å². The highest BCUT2D eigenvalue weighted by atomic mass is 16.5. The van der Waals surface area contributed by atoms with Crippen molar-refractivity contribution in [3.05, 3.63) is 58.7 Å². The highest BCUT2D eigenvalue weighted by Crippen LogP contribution is 2.53. The Kier molecular flexibility index (Phi) is 2.16. The number of hydrogen-bond acceptors (Lipinski definition) is 2. The first-order valence-corrected chi connectivity index (χ1v) is 6.97. The van der Waals surface area contributed by atoms with Crippen molar-refractivity contribution in [2.45, 2.75) is 37.9 Å². The van der Waals surface area contributed by atoms with Gasteiger partial charge in [-0.1, -0.05) is 35.9 Å². The topological polar surface area (TPSA) is 40.5 Å². The van der Waals surface area contributed by atoms with E-state index in [4.69, 9.17) is 0 Å².